The van der Waals surface area contributed by atoms with Crippen LogP contribution in [0.3, 0.4) is 0 Å². The third kappa shape index (κ3) is 7.44. The van der Waals surface area contributed by atoms with Gasteiger partial charge in [0.05, 0.1) is 0 Å². The Labute approximate surface area is 213 Å². The SMILES string of the molecule is Cc1ccc(OCc2nc(C(=O)NC3CCCCC3NC(=O)COc3ccc(Cl)cc3)cs2)cc1. The van der Waals surface area contributed by atoms with Gasteiger partial charge >= 0.3 is 0 Å². The van der Waals surface area contributed by atoms with Crippen molar-refractivity contribution >= 4 is 34.8 Å². The van der Waals surface area contributed by atoms with Crippen molar-refractivity contribution in [2.45, 2.75) is 51.3 Å². The van der Waals surface area contributed by atoms with Crippen LogP contribution in [-0.2, 0) is 11.4 Å². The van der Waals surface area contributed by atoms with Gasteiger partial charge in [-0.15, -0.1) is 11.3 Å². The molecule has 1 aliphatic carbocycles. The first-order chi connectivity index (χ1) is 17.0. The molecule has 35 heavy (non-hydrogen) atoms. The van der Waals surface area contributed by atoms with Crippen molar-refractivity contribution < 1.29 is 19.1 Å². The Kier molecular flexibility index (Phi) is 8.60. The summed E-state index contributed by atoms with van der Waals surface area (Å²) in [6.45, 7) is 2.22. The van der Waals surface area contributed by atoms with Crippen LogP contribution in [0.4, 0.5) is 0 Å². The summed E-state index contributed by atoms with van der Waals surface area (Å²) in [5.41, 5.74) is 1.52. The van der Waals surface area contributed by atoms with Gasteiger partial charge in [-0.1, -0.05) is 42.1 Å². The molecule has 1 saturated carbocycles. The maximum Gasteiger partial charge on any atom is 0.271 e. The second-order valence-electron chi connectivity index (χ2n) is 8.51. The number of nitrogens with one attached hydrogen (secondary N) is 2. The number of nitrogens with zero attached hydrogens (tertiary/aromatic N) is 1. The number of benzene rings is 2. The molecule has 0 saturated heterocycles. The standard InChI is InChI=1S/C26H28ClN3O4S/c1-17-6-10-19(11-7-17)34-15-25-29-23(16-35-25)26(32)30-22-5-3-2-4-21(22)28-24(31)14-33-20-12-8-18(27)9-13-20/h6-13,16,21-22H,2-5,14-15H2,1H3,(H,28,31)(H,30,32). The fraction of sp³-hybridized carbons (Fsp3) is 0.346. The molecule has 2 amide bonds. The van der Waals surface area contributed by atoms with Gasteiger partial charge in [-0.3, -0.25) is 9.59 Å². The van der Waals surface area contributed by atoms with Crippen LogP contribution < -0.4 is 20.1 Å². The molecule has 4 rings (SSSR count). The second-order valence-corrected chi connectivity index (χ2v) is 9.89. The van der Waals surface area contributed by atoms with Gasteiger partial charge in [0.1, 0.15) is 28.8 Å². The number of hydrogen-bond donors (Lipinski definition) is 2. The van der Waals surface area contributed by atoms with E-state index in [1.54, 1.807) is 29.6 Å². The Balaban J connectivity index is 1.27. The average Bonchev–Trinajstić information content (AvgIpc) is 3.34. The topological polar surface area (TPSA) is 89.5 Å². The molecule has 184 valence electrons. The van der Waals surface area contributed by atoms with Crippen molar-refractivity contribution in [2.24, 2.45) is 0 Å². The molecular formula is C26H28ClN3O4S. The zero-order valence-electron chi connectivity index (χ0n) is 19.5. The summed E-state index contributed by atoms with van der Waals surface area (Å²) < 4.78 is 11.3. The first-order valence-corrected chi connectivity index (χ1v) is 12.8. The lowest BCUT2D eigenvalue weighted by Crippen LogP contribution is -2.54. The van der Waals surface area contributed by atoms with Gasteiger partial charge in [0.15, 0.2) is 6.61 Å². The Morgan fingerprint density at radius 3 is 2.31 bits per heavy atom. The minimum absolute atomic E-state index is 0.102. The van der Waals surface area contributed by atoms with E-state index in [1.807, 2.05) is 31.2 Å². The highest BCUT2D eigenvalue weighted by atomic mass is 35.5. The molecule has 0 aliphatic heterocycles. The van der Waals surface area contributed by atoms with Crippen molar-refractivity contribution in [1.29, 1.82) is 0 Å². The number of rotatable bonds is 9. The Hall–Kier alpha value is -3.10. The van der Waals surface area contributed by atoms with Crippen molar-refractivity contribution in [2.75, 3.05) is 6.61 Å². The minimum Gasteiger partial charge on any atom is -0.486 e. The van der Waals surface area contributed by atoms with Gasteiger partial charge in [0, 0.05) is 22.5 Å². The van der Waals surface area contributed by atoms with Crippen molar-refractivity contribution in [3.8, 4) is 11.5 Å². The molecule has 2 aromatic carbocycles. The highest BCUT2D eigenvalue weighted by Crippen LogP contribution is 2.21. The van der Waals surface area contributed by atoms with Crippen LogP contribution in [0.15, 0.2) is 53.9 Å². The molecule has 1 fully saturated rings. The fourth-order valence-electron chi connectivity index (χ4n) is 3.91. The summed E-state index contributed by atoms with van der Waals surface area (Å²) in [5.74, 6) is 0.864. The van der Waals surface area contributed by atoms with Crippen LogP contribution in [-0.4, -0.2) is 35.5 Å². The predicted octanol–water partition coefficient (Wildman–Crippen LogP) is 4.92. The van der Waals surface area contributed by atoms with Crippen LogP contribution in [0.2, 0.25) is 5.02 Å². The van der Waals surface area contributed by atoms with Crippen molar-refractivity contribution in [3.05, 3.63) is 75.2 Å². The summed E-state index contributed by atoms with van der Waals surface area (Å²) in [6.07, 6.45) is 3.57. The highest BCUT2D eigenvalue weighted by molar-refractivity contribution is 7.09. The monoisotopic (exact) mass is 513 g/mol. The summed E-state index contributed by atoms with van der Waals surface area (Å²) >= 11 is 7.26. The van der Waals surface area contributed by atoms with Crippen molar-refractivity contribution in [3.63, 3.8) is 0 Å². The molecule has 1 aliphatic rings. The predicted molar refractivity (Wildman–Crippen MR) is 136 cm³/mol. The summed E-state index contributed by atoms with van der Waals surface area (Å²) in [5, 5.41) is 9.14. The molecule has 2 atom stereocenters. The van der Waals surface area contributed by atoms with Gasteiger partial charge in [0.25, 0.3) is 11.8 Å². The number of thiazole rings is 1. The van der Waals surface area contributed by atoms with E-state index in [4.69, 9.17) is 21.1 Å². The zero-order valence-corrected chi connectivity index (χ0v) is 21.0. The van der Waals surface area contributed by atoms with E-state index < -0.39 is 0 Å². The smallest absolute Gasteiger partial charge is 0.271 e. The number of carbonyl (C=O) groups excluding carboxylic acids is 2. The Bertz CT molecular complexity index is 1130. The van der Waals surface area contributed by atoms with E-state index in [-0.39, 0.29) is 30.5 Å². The fourth-order valence-corrected chi connectivity index (χ4v) is 4.72. The largest absolute Gasteiger partial charge is 0.486 e. The van der Waals surface area contributed by atoms with Crippen LogP contribution in [0.1, 0.15) is 46.7 Å². The number of aryl methyl sites for hydroxylation is 1. The summed E-state index contributed by atoms with van der Waals surface area (Å²) in [7, 11) is 0. The van der Waals surface area contributed by atoms with Gasteiger partial charge in [0.2, 0.25) is 0 Å². The maximum atomic E-state index is 12.9. The summed E-state index contributed by atoms with van der Waals surface area (Å²) in [4.78, 5) is 29.7. The first-order valence-electron chi connectivity index (χ1n) is 11.6. The van der Waals surface area contributed by atoms with E-state index >= 15 is 0 Å². The van der Waals surface area contributed by atoms with Gasteiger partial charge < -0.3 is 20.1 Å². The van der Waals surface area contributed by atoms with Crippen LogP contribution in [0.25, 0.3) is 0 Å². The number of carbonyl (C=O) groups is 2. The summed E-state index contributed by atoms with van der Waals surface area (Å²) in [6, 6.07) is 14.3. The number of halogens is 1. The third-order valence-corrected chi connectivity index (χ3v) is 6.85. The molecule has 7 nitrogen and oxygen atoms in total. The van der Waals surface area contributed by atoms with Gasteiger partial charge in [-0.25, -0.2) is 4.98 Å². The van der Waals surface area contributed by atoms with E-state index in [0.29, 0.717) is 23.1 Å². The Morgan fingerprint density at radius 1 is 0.971 bits per heavy atom. The van der Waals surface area contributed by atoms with E-state index in [2.05, 4.69) is 15.6 Å². The average molecular weight is 514 g/mol. The number of amides is 2. The number of aromatic nitrogens is 1. The molecule has 0 radical (unpaired) electrons. The lowest BCUT2D eigenvalue weighted by molar-refractivity contribution is -0.124. The molecule has 2 N–H and O–H groups in total. The van der Waals surface area contributed by atoms with Crippen LogP contribution >= 0.6 is 22.9 Å². The quantitative estimate of drug-likeness (QED) is 0.424. The lowest BCUT2D eigenvalue weighted by Gasteiger charge is -2.32. The molecule has 3 aromatic rings. The first kappa shape index (κ1) is 25.0. The van der Waals surface area contributed by atoms with E-state index in [1.165, 1.54) is 11.3 Å². The molecule has 0 bridgehead atoms. The molecule has 1 aromatic heterocycles. The van der Waals surface area contributed by atoms with Crippen molar-refractivity contribution in [1.82, 2.24) is 15.6 Å². The second kappa shape index (κ2) is 12.0. The maximum absolute atomic E-state index is 12.9. The van der Waals surface area contributed by atoms with Crippen LogP contribution in [0, 0.1) is 6.92 Å². The van der Waals surface area contributed by atoms with E-state index in [9.17, 15) is 9.59 Å². The highest BCUT2D eigenvalue weighted by Gasteiger charge is 2.28. The molecular weight excluding hydrogens is 486 g/mol. The Morgan fingerprint density at radius 2 is 1.60 bits per heavy atom. The molecule has 1 heterocycles. The minimum atomic E-state index is -0.244. The molecule has 2 unspecified atom stereocenters. The third-order valence-electron chi connectivity index (χ3n) is 5.78. The zero-order chi connectivity index (χ0) is 24.6. The van der Waals surface area contributed by atoms with E-state index in [0.717, 1.165) is 42.0 Å². The lowest BCUT2D eigenvalue weighted by atomic mass is 9.90. The normalized spacial score (nSPS) is 17.4. The molecule has 0 spiro atoms. The number of ether oxygens (including phenoxy) is 2. The van der Waals surface area contributed by atoms with Gasteiger partial charge in [-0.2, -0.15) is 0 Å². The number of hydrogen-bond acceptors (Lipinski definition) is 6. The van der Waals surface area contributed by atoms with Gasteiger partial charge in [-0.05, 0) is 56.2 Å². The van der Waals surface area contributed by atoms with Crippen LogP contribution in [0.5, 0.6) is 11.5 Å². The molecule has 9 heteroatoms.